The van der Waals surface area contributed by atoms with Crippen LogP contribution >= 0.6 is 11.8 Å². The maximum Gasteiger partial charge on any atom is 0.304 e. The monoisotopic (exact) mass is 335 g/mol. The fourth-order valence-corrected chi connectivity index (χ4v) is 3.75. The lowest BCUT2D eigenvalue weighted by Gasteiger charge is -2.39. The molecule has 1 aliphatic rings. The molecular weight excluding hydrogens is 310 g/mol. The van der Waals surface area contributed by atoms with E-state index in [1.807, 2.05) is 38.1 Å². The molecule has 0 aliphatic carbocycles. The van der Waals surface area contributed by atoms with Crippen molar-refractivity contribution in [3.05, 3.63) is 29.8 Å². The Bertz CT molecular complexity index is 548. The molecule has 0 atom stereocenters. The molecule has 0 amide bonds. The van der Waals surface area contributed by atoms with Crippen molar-refractivity contribution >= 4 is 23.5 Å². The lowest BCUT2D eigenvalue weighted by atomic mass is 9.89. The van der Waals surface area contributed by atoms with Crippen LogP contribution in [0.2, 0.25) is 0 Å². The van der Waals surface area contributed by atoms with Gasteiger partial charge in [0.25, 0.3) is 0 Å². The zero-order valence-corrected chi connectivity index (χ0v) is 14.7. The number of hydrogen-bond acceptors (Lipinski definition) is 4. The number of carbonyl (C=O) groups excluding carboxylic acids is 1. The van der Waals surface area contributed by atoms with Crippen LogP contribution in [0.5, 0.6) is 0 Å². The third-order valence-corrected chi connectivity index (χ3v) is 5.42. The molecule has 23 heavy (non-hydrogen) atoms. The number of hydrogen-bond donors (Lipinski definition) is 1. The molecule has 2 rings (SSSR count). The molecule has 1 saturated heterocycles. The smallest absolute Gasteiger partial charge is 0.304 e. The van der Waals surface area contributed by atoms with Crippen LogP contribution in [0.3, 0.4) is 0 Å². The van der Waals surface area contributed by atoms with E-state index in [1.165, 1.54) is 18.2 Å². The van der Waals surface area contributed by atoms with Crippen LogP contribution in [0.1, 0.15) is 49.9 Å². The van der Waals surface area contributed by atoms with Crippen LogP contribution in [0.4, 0.5) is 0 Å². The molecule has 0 bridgehead atoms. The standard InChI is InChI=1S/C18H25NO3S/c1-18(2,19-11-4-3-5-12-19)17(22)14-6-8-15(9-7-14)23-13-10-16(20)21/h6-9H,3-5,10-13H2,1-2H3,(H,20,21). The Labute approximate surface area is 142 Å². The summed E-state index contributed by atoms with van der Waals surface area (Å²) in [5.41, 5.74) is 0.251. The third kappa shape index (κ3) is 4.82. The highest BCUT2D eigenvalue weighted by Gasteiger charge is 2.35. The zero-order chi connectivity index (χ0) is 16.9. The lowest BCUT2D eigenvalue weighted by molar-refractivity contribution is -0.136. The summed E-state index contributed by atoms with van der Waals surface area (Å²) in [6.07, 6.45) is 3.72. The second kappa shape index (κ2) is 7.97. The Kier molecular flexibility index (Phi) is 6.25. The predicted molar refractivity (Wildman–Crippen MR) is 93.3 cm³/mol. The largest absolute Gasteiger partial charge is 0.481 e. The number of rotatable bonds is 7. The minimum Gasteiger partial charge on any atom is -0.481 e. The fraction of sp³-hybridized carbons (Fsp3) is 0.556. The second-order valence-electron chi connectivity index (χ2n) is 6.45. The first kappa shape index (κ1) is 18.0. The number of benzene rings is 1. The first-order valence-corrected chi connectivity index (χ1v) is 9.14. The number of likely N-dealkylation sites (tertiary alicyclic amines) is 1. The van der Waals surface area contributed by atoms with Crippen LogP contribution in [0, 0.1) is 0 Å². The Morgan fingerprint density at radius 1 is 1.13 bits per heavy atom. The maximum atomic E-state index is 12.9. The van der Waals surface area contributed by atoms with E-state index in [4.69, 9.17) is 5.11 Å². The van der Waals surface area contributed by atoms with Gasteiger partial charge in [0.15, 0.2) is 5.78 Å². The van der Waals surface area contributed by atoms with Crippen LogP contribution < -0.4 is 0 Å². The summed E-state index contributed by atoms with van der Waals surface area (Å²) in [5, 5.41) is 8.66. The quantitative estimate of drug-likeness (QED) is 0.608. The van der Waals surface area contributed by atoms with E-state index in [2.05, 4.69) is 4.90 Å². The Balaban J connectivity index is 2.00. The molecule has 0 aromatic heterocycles. The van der Waals surface area contributed by atoms with Crippen molar-refractivity contribution in [2.24, 2.45) is 0 Å². The van der Waals surface area contributed by atoms with E-state index in [0.717, 1.165) is 36.4 Å². The molecule has 0 saturated carbocycles. The van der Waals surface area contributed by atoms with Gasteiger partial charge in [0.2, 0.25) is 0 Å². The molecule has 0 radical (unpaired) electrons. The number of piperidine rings is 1. The van der Waals surface area contributed by atoms with Crippen molar-refractivity contribution in [3.8, 4) is 0 Å². The van der Waals surface area contributed by atoms with E-state index in [-0.39, 0.29) is 12.2 Å². The summed E-state index contributed by atoms with van der Waals surface area (Å²) < 4.78 is 0. The first-order chi connectivity index (χ1) is 10.9. The number of carboxylic acids is 1. The van der Waals surface area contributed by atoms with Crippen molar-refractivity contribution in [3.63, 3.8) is 0 Å². The van der Waals surface area contributed by atoms with Gasteiger partial charge in [0.05, 0.1) is 12.0 Å². The van der Waals surface area contributed by atoms with Gasteiger partial charge < -0.3 is 5.11 Å². The van der Waals surface area contributed by atoms with Crippen LogP contribution in [-0.2, 0) is 4.79 Å². The average molecular weight is 335 g/mol. The van der Waals surface area contributed by atoms with Gasteiger partial charge in [-0.2, -0.15) is 0 Å². The normalized spacial score (nSPS) is 16.3. The number of carbonyl (C=O) groups is 2. The van der Waals surface area contributed by atoms with Crippen molar-refractivity contribution < 1.29 is 14.7 Å². The van der Waals surface area contributed by atoms with Crippen LogP contribution in [0.25, 0.3) is 0 Å². The highest BCUT2D eigenvalue weighted by Crippen LogP contribution is 2.26. The van der Waals surface area contributed by atoms with Crippen molar-refractivity contribution in [1.82, 2.24) is 4.90 Å². The van der Waals surface area contributed by atoms with Gasteiger partial charge in [-0.05, 0) is 51.9 Å². The third-order valence-electron chi connectivity index (χ3n) is 4.40. The van der Waals surface area contributed by atoms with Crippen LogP contribution in [-0.4, -0.2) is 46.1 Å². The number of aliphatic carboxylic acids is 1. The molecule has 1 N–H and O–H groups in total. The van der Waals surface area contributed by atoms with Gasteiger partial charge in [-0.25, -0.2) is 0 Å². The number of thioether (sulfide) groups is 1. The summed E-state index contributed by atoms with van der Waals surface area (Å²) >= 11 is 1.50. The number of carboxylic acid groups (broad SMARTS) is 1. The summed E-state index contributed by atoms with van der Waals surface area (Å²) in [6, 6.07) is 7.53. The number of Topliss-reactive ketones (excluding diaryl/α,β-unsaturated/α-hetero) is 1. The molecular formula is C18H25NO3S. The molecule has 1 aliphatic heterocycles. The van der Waals surface area contributed by atoms with E-state index in [0.29, 0.717) is 5.75 Å². The molecule has 0 unspecified atom stereocenters. The highest BCUT2D eigenvalue weighted by atomic mass is 32.2. The minimum absolute atomic E-state index is 0.146. The SMILES string of the molecule is CC(C)(C(=O)c1ccc(SCCC(=O)O)cc1)N1CCCCC1. The zero-order valence-electron chi connectivity index (χ0n) is 13.9. The summed E-state index contributed by atoms with van der Waals surface area (Å²) in [6.45, 7) is 6.00. The molecule has 1 fully saturated rings. The average Bonchev–Trinajstić information content (AvgIpc) is 2.55. The van der Waals surface area contributed by atoms with Crippen molar-refractivity contribution in [2.45, 2.75) is 50.0 Å². The van der Waals surface area contributed by atoms with Gasteiger partial charge in [-0.3, -0.25) is 14.5 Å². The molecule has 1 heterocycles. The molecule has 0 spiro atoms. The fourth-order valence-electron chi connectivity index (χ4n) is 2.91. The van der Waals surface area contributed by atoms with Gasteiger partial charge in [0, 0.05) is 16.2 Å². The van der Waals surface area contributed by atoms with Gasteiger partial charge in [-0.1, -0.05) is 18.6 Å². The molecule has 5 heteroatoms. The Morgan fingerprint density at radius 3 is 2.30 bits per heavy atom. The summed E-state index contributed by atoms with van der Waals surface area (Å²) in [5.74, 6) is -0.0869. The van der Waals surface area contributed by atoms with Crippen molar-refractivity contribution in [2.75, 3.05) is 18.8 Å². The first-order valence-electron chi connectivity index (χ1n) is 8.16. The highest BCUT2D eigenvalue weighted by molar-refractivity contribution is 7.99. The Hall–Kier alpha value is -1.33. The molecule has 1 aromatic rings. The van der Waals surface area contributed by atoms with Gasteiger partial charge in [0.1, 0.15) is 0 Å². The predicted octanol–water partition coefficient (Wildman–Crippen LogP) is 3.70. The molecule has 126 valence electrons. The minimum atomic E-state index is -0.785. The van der Waals surface area contributed by atoms with E-state index in [1.54, 1.807) is 0 Å². The summed E-state index contributed by atoms with van der Waals surface area (Å²) in [4.78, 5) is 26.7. The van der Waals surface area contributed by atoms with E-state index < -0.39 is 11.5 Å². The van der Waals surface area contributed by atoms with Crippen LogP contribution in [0.15, 0.2) is 29.2 Å². The van der Waals surface area contributed by atoms with Gasteiger partial charge >= 0.3 is 5.97 Å². The maximum absolute atomic E-state index is 12.9. The number of nitrogens with zero attached hydrogens (tertiary/aromatic N) is 1. The topological polar surface area (TPSA) is 57.6 Å². The molecule has 1 aromatic carbocycles. The van der Waals surface area contributed by atoms with E-state index in [9.17, 15) is 9.59 Å². The number of ketones is 1. The lowest BCUT2D eigenvalue weighted by Crippen LogP contribution is -2.52. The molecule has 4 nitrogen and oxygen atoms in total. The summed E-state index contributed by atoms with van der Waals surface area (Å²) in [7, 11) is 0. The second-order valence-corrected chi connectivity index (χ2v) is 7.62. The van der Waals surface area contributed by atoms with Crippen molar-refractivity contribution in [1.29, 1.82) is 0 Å². The van der Waals surface area contributed by atoms with E-state index >= 15 is 0 Å². The van der Waals surface area contributed by atoms with Gasteiger partial charge in [-0.15, -0.1) is 11.8 Å². The Morgan fingerprint density at radius 2 is 1.74 bits per heavy atom.